The van der Waals surface area contributed by atoms with Crippen molar-refractivity contribution in [3.63, 3.8) is 0 Å². The number of ether oxygens (including phenoxy) is 1. The highest BCUT2D eigenvalue weighted by Crippen LogP contribution is 2.35. The zero-order chi connectivity index (χ0) is 13.1. The Balaban J connectivity index is 2.51. The van der Waals surface area contributed by atoms with Crippen LogP contribution in [0.15, 0.2) is 29.6 Å². The van der Waals surface area contributed by atoms with Crippen LogP contribution in [0.2, 0.25) is 5.02 Å². The Kier molecular flexibility index (Phi) is 4.27. The largest absolute Gasteiger partial charge is 0.496 e. The molecule has 0 radical (unpaired) electrons. The maximum atomic E-state index is 6.10. The Bertz CT molecular complexity index is 538. The molecule has 1 unspecified atom stereocenters. The number of nitrogens with one attached hydrogen (secondary N) is 1. The van der Waals surface area contributed by atoms with Gasteiger partial charge in [-0.2, -0.15) is 0 Å². The average molecular weight is 282 g/mol. The monoisotopic (exact) mass is 281 g/mol. The summed E-state index contributed by atoms with van der Waals surface area (Å²) in [7, 11) is 3.63. The second kappa shape index (κ2) is 5.74. The van der Waals surface area contributed by atoms with Crippen molar-refractivity contribution in [2.24, 2.45) is 0 Å². The Morgan fingerprint density at radius 2 is 2.11 bits per heavy atom. The summed E-state index contributed by atoms with van der Waals surface area (Å²) in [6, 6.07) is 7.95. The molecule has 4 heteroatoms. The molecule has 0 amide bonds. The van der Waals surface area contributed by atoms with Crippen LogP contribution in [-0.4, -0.2) is 14.2 Å². The van der Waals surface area contributed by atoms with E-state index in [1.165, 1.54) is 10.4 Å². The maximum absolute atomic E-state index is 6.10. The number of aryl methyl sites for hydroxylation is 1. The second-order valence-electron chi connectivity index (χ2n) is 4.08. The molecule has 0 aliphatic carbocycles. The molecule has 1 atom stereocenters. The van der Waals surface area contributed by atoms with Gasteiger partial charge in [0.2, 0.25) is 0 Å². The summed E-state index contributed by atoms with van der Waals surface area (Å²) in [6.07, 6.45) is 0. The van der Waals surface area contributed by atoms with Crippen molar-refractivity contribution in [2.75, 3.05) is 14.2 Å². The molecule has 1 heterocycles. The van der Waals surface area contributed by atoms with Gasteiger partial charge < -0.3 is 10.1 Å². The van der Waals surface area contributed by atoms with E-state index < -0.39 is 0 Å². The minimum Gasteiger partial charge on any atom is -0.496 e. The first-order valence-electron chi connectivity index (χ1n) is 5.72. The fourth-order valence-corrected chi connectivity index (χ4v) is 3.27. The van der Waals surface area contributed by atoms with Crippen LogP contribution in [0.4, 0.5) is 0 Å². The summed E-state index contributed by atoms with van der Waals surface area (Å²) < 4.78 is 5.43. The fraction of sp³-hybridized carbons (Fsp3) is 0.286. The van der Waals surface area contributed by atoms with Gasteiger partial charge in [-0.3, -0.25) is 0 Å². The SMILES string of the molecule is CNC(c1cc(Cl)ccc1OC)c1sccc1C. The van der Waals surface area contributed by atoms with E-state index in [9.17, 15) is 0 Å². The minimum absolute atomic E-state index is 0.110. The van der Waals surface area contributed by atoms with Crippen molar-refractivity contribution >= 4 is 22.9 Å². The standard InChI is InChI=1S/C14H16ClNOS/c1-9-6-7-18-14(9)13(16-2)11-8-10(15)4-5-12(11)17-3/h4-8,13,16H,1-3H3. The van der Waals surface area contributed by atoms with Gasteiger partial charge in [0.05, 0.1) is 13.2 Å². The van der Waals surface area contributed by atoms with Gasteiger partial charge in [-0.05, 0) is 49.2 Å². The van der Waals surface area contributed by atoms with Crippen LogP contribution in [0, 0.1) is 6.92 Å². The van der Waals surface area contributed by atoms with Crippen molar-refractivity contribution in [1.82, 2.24) is 5.32 Å². The molecule has 0 aliphatic heterocycles. The molecule has 1 aromatic heterocycles. The van der Waals surface area contributed by atoms with Crippen LogP contribution in [0.5, 0.6) is 5.75 Å². The van der Waals surface area contributed by atoms with Crippen LogP contribution in [0.1, 0.15) is 22.0 Å². The van der Waals surface area contributed by atoms with E-state index >= 15 is 0 Å². The van der Waals surface area contributed by atoms with Crippen molar-refractivity contribution < 1.29 is 4.74 Å². The molecule has 0 spiro atoms. The number of halogens is 1. The van der Waals surface area contributed by atoms with Gasteiger partial charge >= 0.3 is 0 Å². The van der Waals surface area contributed by atoms with E-state index in [4.69, 9.17) is 16.3 Å². The highest BCUT2D eigenvalue weighted by Gasteiger charge is 2.19. The average Bonchev–Trinajstić information content (AvgIpc) is 2.77. The third kappa shape index (κ3) is 2.53. The van der Waals surface area contributed by atoms with Gasteiger partial charge in [-0.15, -0.1) is 11.3 Å². The third-order valence-electron chi connectivity index (χ3n) is 2.96. The van der Waals surface area contributed by atoms with Crippen LogP contribution in [-0.2, 0) is 0 Å². The van der Waals surface area contributed by atoms with E-state index in [1.807, 2.05) is 25.2 Å². The molecule has 2 aromatic rings. The zero-order valence-electron chi connectivity index (χ0n) is 10.7. The Morgan fingerprint density at radius 1 is 1.33 bits per heavy atom. The summed E-state index contributed by atoms with van der Waals surface area (Å²) in [4.78, 5) is 1.29. The summed E-state index contributed by atoms with van der Waals surface area (Å²) >= 11 is 7.84. The number of hydrogen-bond donors (Lipinski definition) is 1. The van der Waals surface area contributed by atoms with Crippen molar-refractivity contribution in [3.8, 4) is 5.75 Å². The second-order valence-corrected chi connectivity index (χ2v) is 5.46. The van der Waals surface area contributed by atoms with Gasteiger partial charge in [-0.25, -0.2) is 0 Å². The molecule has 0 saturated carbocycles. The lowest BCUT2D eigenvalue weighted by atomic mass is 10.0. The molecule has 0 bridgehead atoms. The topological polar surface area (TPSA) is 21.3 Å². The van der Waals surface area contributed by atoms with Gasteiger partial charge in [0, 0.05) is 15.5 Å². The molecule has 96 valence electrons. The Labute approximate surface area is 117 Å². The smallest absolute Gasteiger partial charge is 0.124 e. The van der Waals surface area contributed by atoms with Crippen LogP contribution >= 0.6 is 22.9 Å². The molecule has 18 heavy (non-hydrogen) atoms. The van der Waals surface area contributed by atoms with Crippen LogP contribution < -0.4 is 10.1 Å². The van der Waals surface area contributed by atoms with Gasteiger partial charge in [0.25, 0.3) is 0 Å². The van der Waals surface area contributed by atoms with E-state index in [0.717, 1.165) is 16.3 Å². The minimum atomic E-state index is 0.110. The quantitative estimate of drug-likeness (QED) is 0.914. The summed E-state index contributed by atoms with van der Waals surface area (Å²) in [5.74, 6) is 0.853. The van der Waals surface area contributed by atoms with Crippen LogP contribution in [0.3, 0.4) is 0 Å². The van der Waals surface area contributed by atoms with E-state index in [0.29, 0.717) is 0 Å². The normalized spacial score (nSPS) is 12.4. The third-order valence-corrected chi connectivity index (χ3v) is 4.27. The molecule has 0 saturated heterocycles. The molecule has 1 N–H and O–H groups in total. The first-order chi connectivity index (χ1) is 8.67. The number of thiophene rings is 1. The first-order valence-corrected chi connectivity index (χ1v) is 6.97. The Morgan fingerprint density at radius 3 is 2.67 bits per heavy atom. The van der Waals surface area contributed by atoms with Crippen molar-refractivity contribution in [3.05, 3.63) is 50.7 Å². The lowest BCUT2D eigenvalue weighted by molar-refractivity contribution is 0.405. The first kappa shape index (κ1) is 13.4. The van der Waals surface area contributed by atoms with E-state index in [1.54, 1.807) is 18.4 Å². The summed E-state index contributed by atoms with van der Waals surface area (Å²) in [5, 5.41) is 6.16. The predicted octanol–water partition coefficient (Wildman–Crippen LogP) is 4.03. The van der Waals surface area contributed by atoms with Gasteiger partial charge in [-0.1, -0.05) is 11.6 Å². The van der Waals surface area contributed by atoms with E-state index in [-0.39, 0.29) is 6.04 Å². The van der Waals surface area contributed by atoms with Crippen LogP contribution in [0.25, 0.3) is 0 Å². The predicted molar refractivity (Wildman–Crippen MR) is 78.0 cm³/mol. The fourth-order valence-electron chi connectivity index (χ4n) is 2.04. The molecular formula is C14H16ClNOS. The van der Waals surface area contributed by atoms with Crippen molar-refractivity contribution in [1.29, 1.82) is 0 Å². The lowest BCUT2D eigenvalue weighted by Crippen LogP contribution is -2.18. The summed E-state index contributed by atoms with van der Waals surface area (Å²) in [5.41, 5.74) is 2.35. The number of benzene rings is 1. The highest BCUT2D eigenvalue weighted by atomic mass is 35.5. The van der Waals surface area contributed by atoms with Gasteiger partial charge in [0.1, 0.15) is 5.75 Å². The molecule has 2 rings (SSSR count). The number of methoxy groups -OCH3 is 1. The molecular weight excluding hydrogens is 266 g/mol. The van der Waals surface area contributed by atoms with E-state index in [2.05, 4.69) is 23.7 Å². The summed E-state index contributed by atoms with van der Waals surface area (Å²) in [6.45, 7) is 2.12. The molecule has 0 fully saturated rings. The molecule has 2 nitrogen and oxygen atoms in total. The lowest BCUT2D eigenvalue weighted by Gasteiger charge is -2.19. The number of rotatable bonds is 4. The van der Waals surface area contributed by atoms with Gasteiger partial charge in [0.15, 0.2) is 0 Å². The highest BCUT2D eigenvalue weighted by molar-refractivity contribution is 7.10. The zero-order valence-corrected chi connectivity index (χ0v) is 12.2. The maximum Gasteiger partial charge on any atom is 0.124 e. The molecule has 1 aromatic carbocycles. The molecule has 0 aliphatic rings. The van der Waals surface area contributed by atoms with Crippen molar-refractivity contribution in [2.45, 2.75) is 13.0 Å². The number of hydrogen-bond acceptors (Lipinski definition) is 3. The Hall–Kier alpha value is -1.03.